The molecule has 1 aromatic rings. The SMILES string of the molecule is CC(C)(C)OC(=O)N1CC(=O)CC2C1CCN2C(=O)OCc1ccccc1. The Labute approximate surface area is 159 Å². The number of carbonyl (C=O) groups excluding carboxylic acids is 3. The molecule has 0 spiro atoms. The van der Waals surface area contributed by atoms with Gasteiger partial charge in [0, 0.05) is 13.0 Å². The lowest BCUT2D eigenvalue weighted by atomic mass is 9.96. The highest BCUT2D eigenvalue weighted by Gasteiger charge is 2.47. The third-order valence-electron chi connectivity index (χ3n) is 4.76. The molecule has 0 radical (unpaired) electrons. The van der Waals surface area contributed by atoms with E-state index in [2.05, 4.69) is 0 Å². The Hall–Kier alpha value is -2.57. The Morgan fingerprint density at radius 3 is 2.44 bits per heavy atom. The average molecular weight is 374 g/mol. The Morgan fingerprint density at radius 2 is 1.78 bits per heavy atom. The summed E-state index contributed by atoms with van der Waals surface area (Å²) in [5.74, 6) is -0.0788. The molecule has 0 N–H and O–H groups in total. The van der Waals surface area contributed by atoms with Crippen molar-refractivity contribution in [1.82, 2.24) is 9.80 Å². The van der Waals surface area contributed by atoms with Gasteiger partial charge < -0.3 is 14.4 Å². The molecular weight excluding hydrogens is 348 g/mol. The minimum Gasteiger partial charge on any atom is -0.445 e. The monoisotopic (exact) mass is 374 g/mol. The van der Waals surface area contributed by atoms with Crippen LogP contribution in [0.5, 0.6) is 0 Å². The summed E-state index contributed by atoms with van der Waals surface area (Å²) < 4.78 is 10.8. The zero-order valence-corrected chi connectivity index (χ0v) is 16.0. The molecule has 2 aliphatic heterocycles. The number of piperidine rings is 1. The first-order valence-electron chi connectivity index (χ1n) is 9.23. The summed E-state index contributed by atoms with van der Waals surface area (Å²) in [4.78, 5) is 40.3. The van der Waals surface area contributed by atoms with Crippen LogP contribution < -0.4 is 0 Å². The lowest BCUT2D eigenvalue weighted by Crippen LogP contribution is -2.56. The molecule has 7 heteroatoms. The molecule has 0 aromatic heterocycles. The molecule has 1 aromatic carbocycles. The predicted octanol–water partition coefficient (Wildman–Crippen LogP) is 2.98. The lowest BCUT2D eigenvalue weighted by Gasteiger charge is -2.39. The van der Waals surface area contributed by atoms with E-state index in [9.17, 15) is 14.4 Å². The van der Waals surface area contributed by atoms with Crippen molar-refractivity contribution in [2.75, 3.05) is 13.1 Å². The van der Waals surface area contributed by atoms with E-state index >= 15 is 0 Å². The first kappa shape index (κ1) is 19.2. The number of hydrogen-bond acceptors (Lipinski definition) is 5. The van der Waals surface area contributed by atoms with Gasteiger partial charge in [-0.25, -0.2) is 9.59 Å². The fourth-order valence-corrected chi connectivity index (χ4v) is 3.60. The maximum atomic E-state index is 12.5. The van der Waals surface area contributed by atoms with Gasteiger partial charge in [-0.05, 0) is 32.8 Å². The largest absolute Gasteiger partial charge is 0.445 e. The van der Waals surface area contributed by atoms with E-state index in [0.717, 1.165) is 5.56 Å². The number of benzene rings is 1. The first-order valence-corrected chi connectivity index (χ1v) is 9.23. The summed E-state index contributed by atoms with van der Waals surface area (Å²) in [6, 6.07) is 8.85. The number of likely N-dealkylation sites (tertiary alicyclic amines) is 2. The number of ether oxygens (including phenoxy) is 2. The Kier molecular flexibility index (Phi) is 5.39. The van der Waals surface area contributed by atoms with Crippen LogP contribution in [0, 0.1) is 0 Å². The molecule has 2 heterocycles. The summed E-state index contributed by atoms with van der Waals surface area (Å²) in [5.41, 5.74) is 0.261. The van der Waals surface area contributed by atoms with Crippen molar-refractivity contribution in [3.8, 4) is 0 Å². The summed E-state index contributed by atoms with van der Waals surface area (Å²) in [6.07, 6.45) is -0.114. The number of ketones is 1. The van der Waals surface area contributed by atoms with Crippen molar-refractivity contribution in [2.45, 2.75) is 57.9 Å². The number of fused-ring (bicyclic) bond motifs is 1. The normalized spacial score (nSPS) is 22.4. The Morgan fingerprint density at radius 1 is 1.07 bits per heavy atom. The fourth-order valence-electron chi connectivity index (χ4n) is 3.60. The highest BCUT2D eigenvalue weighted by molar-refractivity contribution is 5.87. The third-order valence-corrected chi connectivity index (χ3v) is 4.76. The molecule has 146 valence electrons. The van der Waals surface area contributed by atoms with Crippen LogP contribution in [0.2, 0.25) is 0 Å². The van der Waals surface area contributed by atoms with E-state index in [1.54, 1.807) is 25.7 Å². The number of amides is 2. The summed E-state index contributed by atoms with van der Waals surface area (Å²) in [5, 5.41) is 0. The summed E-state index contributed by atoms with van der Waals surface area (Å²) >= 11 is 0. The van der Waals surface area contributed by atoms with Crippen molar-refractivity contribution >= 4 is 18.0 Å². The van der Waals surface area contributed by atoms with Crippen molar-refractivity contribution < 1.29 is 23.9 Å². The second-order valence-corrected chi connectivity index (χ2v) is 8.01. The van der Waals surface area contributed by atoms with Crippen LogP contribution in [0.25, 0.3) is 0 Å². The minimum atomic E-state index is -0.639. The van der Waals surface area contributed by atoms with Crippen LogP contribution in [0.3, 0.4) is 0 Å². The van der Waals surface area contributed by atoms with Gasteiger partial charge in [-0.2, -0.15) is 0 Å². The molecule has 2 aliphatic rings. The molecule has 3 rings (SSSR count). The van der Waals surface area contributed by atoms with E-state index in [4.69, 9.17) is 9.47 Å². The molecule has 2 unspecified atom stereocenters. The van der Waals surface area contributed by atoms with E-state index in [1.165, 1.54) is 4.90 Å². The Bertz CT molecular complexity index is 713. The van der Waals surface area contributed by atoms with E-state index in [0.29, 0.717) is 13.0 Å². The zero-order valence-electron chi connectivity index (χ0n) is 16.0. The highest BCUT2D eigenvalue weighted by atomic mass is 16.6. The standard InChI is InChI=1S/C20H26N2O5/c1-20(2,3)27-19(25)22-12-15(23)11-17-16(22)9-10-21(17)18(24)26-13-14-7-5-4-6-8-14/h4-8,16-17H,9-13H2,1-3H3. The number of carbonyl (C=O) groups is 3. The van der Waals surface area contributed by atoms with Crippen LogP contribution in [0.4, 0.5) is 9.59 Å². The highest BCUT2D eigenvalue weighted by Crippen LogP contribution is 2.31. The van der Waals surface area contributed by atoms with Crippen molar-refractivity contribution in [3.05, 3.63) is 35.9 Å². The van der Waals surface area contributed by atoms with Crippen LogP contribution in [-0.2, 0) is 20.9 Å². The van der Waals surface area contributed by atoms with E-state index < -0.39 is 17.8 Å². The van der Waals surface area contributed by atoms with Gasteiger partial charge in [0.05, 0.1) is 18.6 Å². The molecule has 7 nitrogen and oxygen atoms in total. The van der Waals surface area contributed by atoms with Gasteiger partial charge in [-0.1, -0.05) is 30.3 Å². The van der Waals surface area contributed by atoms with Gasteiger partial charge in [0.25, 0.3) is 0 Å². The maximum absolute atomic E-state index is 12.5. The quantitative estimate of drug-likeness (QED) is 0.795. The Balaban J connectivity index is 1.66. The van der Waals surface area contributed by atoms with Crippen LogP contribution in [0.15, 0.2) is 30.3 Å². The fraction of sp³-hybridized carbons (Fsp3) is 0.550. The molecule has 2 fully saturated rings. The van der Waals surface area contributed by atoms with Gasteiger partial charge in [0.1, 0.15) is 12.2 Å². The number of hydrogen-bond donors (Lipinski definition) is 0. The van der Waals surface area contributed by atoms with Gasteiger partial charge in [-0.15, -0.1) is 0 Å². The molecule has 0 saturated carbocycles. The van der Waals surface area contributed by atoms with Gasteiger partial charge in [0.2, 0.25) is 0 Å². The van der Waals surface area contributed by atoms with Crippen molar-refractivity contribution in [1.29, 1.82) is 0 Å². The molecule has 27 heavy (non-hydrogen) atoms. The molecule has 0 bridgehead atoms. The number of Topliss-reactive ketones (excluding diaryl/α,β-unsaturated/α-hetero) is 1. The smallest absolute Gasteiger partial charge is 0.411 e. The molecule has 2 saturated heterocycles. The van der Waals surface area contributed by atoms with Crippen LogP contribution in [-0.4, -0.2) is 58.5 Å². The third kappa shape index (κ3) is 4.59. The topological polar surface area (TPSA) is 76.2 Å². The van der Waals surface area contributed by atoms with Gasteiger partial charge >= 0.3 is 12.2 Å². The second-order valence-electron chi connectivity index (χ2n) is 8.01. The van der Waals surface area contributed by atoms with Gasteiger partial charge in [0.15, 0.2) is 5.78 Å². The number of nitrogens with zero attached hydrogens (tertiary/aromatic N) is 2. The molecule has 2 atom stereocenters. The van der Waals surface area contributed by atoms with Crippen LogP contribution >= 0.6 is 0 Å². The van der Waals surface area contributed by atoms with Gasteiger partial charge in [-0.3, -0.25) is 9.69 Å². The second kappa shape index (κ2) is 7.58. The molecular formula is C20H26N2O5. The van der Waals surface area contributed by atoms with E-state index in [1.807, 2.05) is 30.3 Å². The molecule has 0 aliphatic carbocycles. The molecule has 2 amide bonds. The van der Waals surface area contributed by atoms with Crippen LogP contribution in [0.1, 0.15) is 39.2 Å². The average Bonchev–Trinajstić information content (AvgIpc) is 3.02. The first-order chi connectivity index (χ1) is 12.7. The van der Waals surface area contributed by atoms with E-state index in [-0.39, 0.29) is 37.4 Å². The maximum Gasteiger partial charge on any atom is 0.411 e. The van der Waals surface area contributed by atoms with Crippen molar-refractivity contribution in [2.24, 2.45) is 0 Å². The zero-order chi connectivity index (χ0) is 19.6. The predicted molar refractivity (Wildman–Crippen MR) is 98.1 cm³/mol. The summed E-state index contributed by atoms with van der Waals surface area (Å²) in [7, 11) is 0. The summed E-state index contributed by atoms with van der Waals surface area (Å²) in [6.45, 7) is 6.03. The van der Waals surface area contributed by atoms with Crippen molar-refractivity contribution in [3.63, 3.8) is 0 Å². The lowest BCUT2D eigenvalue weighted by molar-refractivity contribution is -0.125. The number of rotatable bonds is 2. The minimum absolute atomic E-state index is 0.0307.